The van der Waals surface area contributed by atoms with Gasteiger partial charge in [-0.3, -0.25) is 0 Å². The molecule has 1 unspecified atom stereocenters. The minimum absolute atomic E-state index is 0.301. The highest BCUT2D eigenvalue weighted by molar-refractivity contribution is 6.35. The number of hydrogen-bond donors (Lipinski definition) is 0. The van der Waals surface area contributed by atoms with Crippen LogP contribution in [0.4, 0.5) is 0 Å². The molecule has 16 heavy (non-hydrogen) atoms. The van der Waals surface area contributed by atoms with Gasteiger partial charge in [0, 0.05) is 10.6 Å². The highest BCUT2D eigenvalue weighted by Gasteiger charge is 2.15. The molecule has 0 aliphatic rings. The van der Waals surface area contributed by atoms with Gasteiger partial charge in [-0.05, 0) is 31.4 Å². The summed E-state index contributed by atoms with van der Waals surface area (Å²) in [7, 11) is 0. The SMILES string of the molecule is C=CCC(C)c1cc(Cl)cc(Cl)c1OCC. The summed E-state index contributed by atoms with van der Waals surface area (Å²) in [6.07, 6.45) is 2.76. The molecule has 1 nitrogen and oxygen atoms in total. The maximum Gasteiger partial charge on any atom is 0.141 e. The van der Waals surface area contributed by atoms with Gasteiger partial charge in [0.15, 0.2) is 0 Å². The van der Waals surface area contributed by atoms with Gasteiger partial charge < -0.3 is 4.74 Å². The van der Waals surface area contributed by atoms with E-state index < -0.39 is 0 Å². The molecule has 88 valence electrons. The minimum Gasteiger partial charge on any atom is -0.492 e. The molecule has 0 spiro atoms. The second-order valence-corrected chi connectivity index (χ2v) is 4.51. The number of benzene rings is 1. The molecule has 3 heteroatoms. The van der Waals surface area contributed by atoms with E-state index in [1.807, 2.05) is 19.1 Å². The Bertz CT molecular complexity index is 374. The van der Waals surface area contributed by atoms with E-state index >= 15 is 0 Å². The summed E-state index contributed by atoms with van der Waals surface area (Å²) in [5.41, 5.74) is 1.04. The number of ether oxygens (including phenoxy) is 1. The van der Waals surface area contributed by atoms with Gasteiger partial charge in [-0.15, -0.1) is 6.58 Å². The van der Waals surface area contributed by atoms with Gasteiger partial charge in [0.25, 0.3) is 0 Å². The van der Waals surface area contributed by atoms with Crippen LogP contribution < -0.4 is 4.74 Å². The molecule has 0 aromatic heterocycles. The van der Waals surface area contributed by atoms with Gasteiger partial charge in [-0.2, -0.15) is 0 Å². The molecule has 0 saturated heterocycles. The second kappa shape index (κ2) is 6.17. The smallest absolute Gasteiger partial charge is 0.141 e. The lowest BCUT2D eigenvalue weighted by atomic mass is 9.97. The van der Waals surface area contributed by atoms with E-state index in [9.17, 15) is 0 Å². The fourth-order valence-corrected chi connectivity index (χ4v) is 2.18. The van der Waals surface area contributed by atoms with Crippen molar-refractivity contribution < 1.29 is 4.74 Å². The molecule has 0 saturated carbocycles. The van der Waals surface area contributed by atoms with Crippen molar-refractivity contribution in [3.8, 4) is 5.75 Å². The average molecular weight is 259 g/mol. The maximum absolute atomic E-state index is 6.12. The van der Waals surface area contributed by atoms with Crippen LogP contribution in [-0.4, -0.2) is 6.61 Å². The molecule has 0 aliphatic heterocycles. The fraction of sp³-hybridized carbons (Fsp3) is 0.385. The Kier molecular flexibility index (Phi) is 5.17. The third-order valence-corrected chi connectivity index (χ3v) is 2.88. The van der Waals surface area contributed by atoms with Gasteiger partial charge in [-0.25, -0.2) is 0 Å². The molecule has 1 rings (SSSR count). The van der Waals surface area contributed by atoms with E-state index in [0.717, 1.165) is 17.7 Å². The summed E-state index contributed by atoms with van der Waals surface area (Å²) in [5.74, 6) is 1.04. The van der Waals surface area contributed by atoms with E-state index in [0.29, 0.717) is 22.6 Å². The third kappa shape index (κ3) is 3.16. The van der Waals surface area contributed by atoms with Crippen molar-refractivity contribution in [2.24, 2.45) is 0 Å². The van der Waals surface area contributed by atoms with Crippen LogP contribution in [0.2, 0.25) is 10.0 Å². The van der Waals surface area contributed by atoms with E-state index in [2.05, 4.69) is 13.5 Å². The van der Waals surface area contributed by atoms with Crippen molar-refractivity contribution >= 4 is 23.2 Å². The Labute approximate surface area is 107 Å². The molecule has 0 radical (unpaired) electrons. The summed E-state index contributed by atoms with van der Waals surface area (Å²) in [5, 5.41) is 1.21. The Morgan fingerprint density at radius 2 is 2.12 bits per heavy atom. The zero-order valence-electron chi connectivity index (χ0n) is 9.59. The molecule has 1 aromatic rings. The number of hydrogen-bond acceptors (Lipinski definition) is 1. The van der Waals surface area contributed by atoms with Crippen LogP contribution in [0.15, 0.2) is 24.8 Å². The molecule has 0 N–H and O–H groups in total. The van der Waals surface area contributed by atoms with Crippen LogP contribution in [0.5, 0.6) is 5.75 Å². The van der Waals surface area contributed by atoms with Crippen LogP contribution in [0, 0.1) is 0 Å². The van der Waals surface area contributed by atoms with Gasteiger partial charge in [0.1, 0.15) is 5.75 Å². The summed E-state index contributed by atoms with van der Waals surface area (Å²) in [6, 6.07) is 3.62. The first-order valence-electron chi connectivity index (χ1n) is 5.32. The quantitative estimate of drug-likeness (QED) is 0.670. The maximum atomic E-state index is 6.12. The van der Waals surface area contributed by atoms with Crippen molar-refractivity contribution in [3.05, 3.63) is 40.4 Å². The topological polar surface area (TPSA) is 9.23 Å². The summed E-state index contributed by atoms with van der Waals surface area (Å²) >= 11 is 12.1. The minimum atomic E-state index is 0.301. The van der Waals surface area contributed by atoms with Crippen molar-refractivity contribution in [3.63, 3.8) is 0 Å². The Hall–Kier alpha value is -0.660. The van der Waals surface area contributed by atoms with E-state index in [1.54, 1.807) is 6.07 Å². The first kappa shape index (κ1) is 13.4. The average Bonchev–Trinajstić information content (AvgIpc) is 2.22. The first-order chi connectivity index (χ1) is 7.60. The predicted molar refractivity (Wildman–Crippen MR) is 70.9 cm³/mol. The predicted octanol–water partition coefficient (Wildman–Crippen LogP) is 5.07. The second-order valence-electron chi connectivity index (χ2n) is 3.66. The zero-order valence-corrected chi connectivity index (χ0v) is 11.1. The highest BCUT2D eigenvalue weighted by atomic mass is 35.5. The van der Waals surface area contributed by atoms with Crippen LogP contribution in [0.3, 0.4) is 0 Å². The lowest BCUT2D eigenvalue weighted by molar-refractivity contribution is 0.335. The van der Waals surface area contributed by atoms with Crippen molar-refractivity contribution in [2.45, 2.75) is 26.2 Å². The largest absolute Gasteiger partial charge is 0.492 e. The van der Waals surface area contributed by atoms with Gasteiger partial charge >= 0.3 is 0 Å². The number of allylic oxidation sites excluding steroid dienone is 1. The van der Waals surface area contributed by atoms with Crippen LogP contribution >= 0.6 is 23.2 Å². The molecule has 0 bridgehead atoms. The van der Waals surface area contributed by atoms with Gasteiger partial charge in [-0.1, -0.05) is 36.2 Å². The molecule has 1 aromatic carbocycles. The molecular weight excluding hydrogens is 243 g/mol. The van der Waals surface area contributed by atoms with Crippen LogP contribution in [-0.2, 0) is 0 Å². The standard InChI is InChI=1S/C13H16Cl2O/c1-4-6-9(3)11-7-10(14)8-12(15)13(11)16-5-2/h4,7-9H,1,5-6H2,2-3H3. The Balaban J connectivity index is 3.17. The first-order valence-corrected chi connectivity index (χ1v) is 6.08. The van der Waals surface area contributed by atoms with Crippen molar-refractivity contribution in [2.75, 3.05) is 6.61 Å². The Morgan fingerprint density at radius 1 is 1.44 bits per heavy atom. The van der Waals surface area contributed by atoms with Crippen molar-refractivity contribution in [1.29, 1.82) is 0 Å². The Morgan fingerprint density at radius 3 is 2.69 bits per heavy atom. The number of rotatable bonds is 5. The third-order valence-electron chi connectivity index (χ3n) is 2.38. The monoisotopic (exact) mass is 258 g/mol. The van der Waals surface area contributed by atoms with Crippen molar-refractivity contribution in [1.82, 2.24) is 0 Å². The molecular formula is C13H16Cl2O. The lowest BCUT2D eigenvalue weighted by Crippen LogP contribution is -2.01. The lowest BCUT2D eigenvalue weighted by Gasteiger charge is -2.17. The van der Waals surface area contributed by atoms with E-state index in [-0.39, 0.29) is 0 Å². The van der Waals surface area contributed by atoms with Gasteiger partial charge in [0.2, 0.25) is 0 Å². The molecule has 0 heterocycles. The summed E-state index contributed by atoms with van der Waals surface area (Å²) < 4.78 is 5.57. The molecule has 0 aliphatic carbocycles. The summed E-state index contributed by atoms with van der Waals surface area (Å²) in [4.78, 5) is 0. The van der Waals surface area contributed by atoms with E-state index in [1.165, 1.54) is 0 Å². The van der Waals surface area contributed by atoms with E-state index in [4.69, 9.17) is 27.9 Å². The number of halogens is 2. The fourth-order valence-electron chi connectivity index (χ4n) is 1.62. The normalized spacial score (nSPS) is 12.2. The zero-order chi connectivity index (χ0) is 12.1. The molecule has 1 atom stereocenters. The van der Waals surface area contributed by atoms with Gasteiger partial charge in [0.05, 0.1) is 11.6 Å². The summed E-state index contributed by atoms with van der Waals surface area (Å²) in [6.45, 7) is 8.37. The van der Waals surface area contributed by atoms with Crippen LogP contribution in [0.1, 0.15) is 31.7 Å². The van der Waals surface area contributed by atoms with Crippen LogP contribution in [0.25, 0.3) is 0 Å². The molecule has 0 fully saturated rings. The molecule has 0 amide bonds. The highest BCUT2D eigenvalue weighted by Crippen LogP contribution is 2.37.